The molecule has 1 aromatic carbocycles. The van der Waals surface area contributed by atoms with Gasteiger partial charge in [0.25, 0.3) is 5.56 Å². The lowest BCUT2D eigenvalue weighted by molar-refractivity contribution is 0.604. The first-order valence-electron chi connectivity index (χ1n) is 12.4. The molecular formula is C28H33N5O2. The van der Waals surface area contributed by atoms with Crippen molar-refractivity contribution in [3.63, 3.8) is 0 Å². The molecule has 0 fully saturated rings. The quantitative estimate of drug-likeness (QED) is 0.325. The van der Waals surface area contributed by atoms with E-state index in [9.17, 15) is 9.59 Å². The number of aromatic nitrogens is 5. The molecule has 0 spiro atoms. The fourth-order valence-corrected chi connectivity index (χ4v) is 4.35. The fraction of sp³-hybridized carbons (Fsp3) is 0.357. The predicted octanol–water partition coefficient (Wildman–Crippen LogP) is 4.90. The molecule has 3 aromatic heterocycles. The standard InChI is InChI=1S/C28H33N5O2/c1-5-8-9-10-21-13-17-23(29-19-21)22-15-11-20(12-16-22)14-18-24-30-26-25(31(24)4)27(34)33(7-3)28(35)32(26)6-2/h11-19H,5-10H2,1-4H3/b18-14+. The van der Waals surface area contributed by atoms with Gasteiger partial charge in [0.05, 0.1) is 5.69 Å². The van der Waals surface area contributed by atoms with E-state index in [1.54, 1.807) is 16.1 Å². The smallest absolute Gasteiger partial charge is 0.322 e. The van der Waals surface area contributed by atoms with E-state index in [4.69, 9.17) is 0 Å². The number of nitrogens with zero attached hydrogens (tertiary/aromatic N) is 5. The van der Waals surface area contributed by atoms with Gasteiger partial charge in [0.15, 0.2) is 11.2 Å². The Bertz CT molecular complexity index is 1460. The van der Waals surface area contributed by atoms with Crippen molar-refractivity contribution in [1.82, 2.24) is 23.7 Å². The van der Waals surface area contributed by atoms with E-state index < -0.39 is 0 Å². The van der Waals surface area contributed by atoms with Crippen LogP contribution in [0.1, 0.15) is 57.0 Å². The van der Waals surface area contributed by atoms with Crippen LogP contribution in [-0.4, -0.2) is 23.7 Å². The minimum Gasteiger partial charge on any atom is -0.322 e. The average Bonchev–Trinajstić information content (AvgIpc) is 3.20. The topological polar surface area (TPSA) is 74.7 Å². The molecular weight excluding hydrogens is 438 g/mol. The Kier molecular flexibility index (Phi) is 7.44. The molecule has 35 heavy (non-hydrogen) atoms. The molecule has 0 unspecified atom stereocenters. The number of aryl methyl sites for hydroxylation is 3. The van der Waals surface area contributed by atoms with Crippen LogP contribution < -0.4 is 11.2 Å². The van der Waals surface area contributed by atoms with E-state index in [1.807, 2.05) is 44.5 Å². The second kappa shape index (κ2) is 10.7. The van der Waals surface area contributed by atoms with E-state index in [1.165, 1.54) is 29.4 Å². The SMILES string of the molecule is CCCCCc1ccc(-c2ccc(/C=C/c3nc4c(c(=O)n(CC)c(=O)n4CC)n3C)cc2)nc1. The second-order valence-corrected chi connectivity index (χ2v) is 8.74. The normalized spacial score (nSPS) is 11.7. The third-order valence-electron chi connectivity index (χ3n) is 6.43. The monoisotopic (exact) mass is 471 g/mol. The number of hydrogen-bond acceptors (Lipinski definition) is 4. The van der Waals surface area contributed by atoms with Crippen LogP contribution >= 0.6 is 0 Å². The molecule has 0 bridgehead atoms. The van der Waals surface area contributed by atoms with Crippen LogP contribution in [0.5, 0.6) is 0 Å². The largest absolute Gasteiger partial charge is 0.332 e. The highest BCUT2D eigenvalue weighted by molar-refractivity contribution is 5.77. The number of imidazole rings is 1. The van der Waals surface area contributed by atoms with Gasteiger partial charge in [0.1, 0.15) is 5.82 Å². The van der Waals surface area contributed by atoms with Crippen molar-refractivity contribution in [2.75, 3.05) is 0 Å². The number of hydrogen-bond donors (Lipinski definition) is 0. The maximum absolute atomic E-state index is 12.9. The maximum atomic E-state index is 12.9. The third kappa shape index (κ3) is 4.90. The summed E-state index contributed by atoms with van der Waals surface area (Å²) in [6.07, 6.45) is 10.6. The summed E-state index contributed by atoms with van der Waals surface area (Å²) in [4.78, 5) is 34.8. The number of benzene rings is 1. The molecule has 0 N–H and O–H groups in total. The van der Waals surface area contributed by atoms with E-state index >= 15 is 0 Å². The summed E-state index contributed by atoms with van der Waals surface area (Å²) in [5.74, 6) is 0.622. The number of pyridine rings is 1. The van der Waals surface area contributed by atoms with Crippen molar-refractivity contribution in [2.45, 2.75) is 59.5 Å². The average molecular weight is 472 g/mol. The molecule has 7 nitrogen and oxygen atoms in total. The first-order chi connectivity index (χ1) is 17.0. The molecule has 0 saturated heterocycles. The van der Waals surface area contributed by atoms with Crippen molar-refractivity contribution in [3.05, 3.63) is 80.4 Å². The minimum atomic E-state index is -0.320. The van der Waals surface area contributed by atoms with Gasteiger partial charge >= 0.3 is 5.69 Å². The van der Waals surface area contributed by atoms with Crippen LogP contribution in [-0.2, 0) is 26.6 Å². The molecule has 0 amide bonds. The summed E-state index contributed by atoms with van der Waals surface area (Å²) >= 11 is 0. The van der Waals surface area contributed by atoms with Gasteiger partial charge in [-0.3, -0.25) is 18.9 Å². The lowest BCUT2D eigenvalue weighted by Gasteiger charge is -2.08. The zero-order chi connectivity index (χ0) is 24.9. The van der Waals surface area contributed by atoms with Crippen molar-refractivity contribution >= 4 is 23.3 Å². The molecule has 0 radical (unpaired) electrons. The van der Waals surface area contributed by atoms with Crippen LogP contribution in [0.25, 0.3) is 34.6 Å². The summed E-state index contributed by atoms with van der Waals surface area (Å²) < 4.78 is 4.56. The Morgan fingerprint density at radius 1 is 0.886 bits per heavy atom. The van der Waals surface area contributed by atoms with Crippen LogP contribution in [0, 0.1) is 0 Å². The molecule has 0 aliphatic carbocycles. The van der Waals surface area contributed by atoms with E-state index in [0.717, 1.165) is 23.2 Å². The molecule has 4 rings (SSSR count). The van der Waals surface area contributed by atoms with Crippen LogP contribution in [0.2, 0.25) is 0 Å². The Morgan fingerprint density at radius 3 is 2.26 bits per heavy atom. The van der Waals surface area contributed by atoms with E-state index in [2.05, 4.69) is 41.2 Å². The maximum Gasteiger partial charge on any atom is 0.332 e. The second-order valence-electron chi connectivity index (χ2n) is 8.74. The van der Waals surface area contributed by atoms with Crippen LogP contribution in [0.15, 0.2) is 52.2 Å². The summed E-state index contributed by atoms with van der Waals surface area (Å²) in [6.45, 7) is 6.67. The summed E-state index contributed by atoms with van der Waals surface area (Å²) in [6, 6.07) is 12.4. The molecule has 7 heteroatoms. The minimum absolute atomic E-state index is 0.305. The third-order valence-corrected chi connectivity index (χ3v) is 6.43. The first-order valence-corrected chi connectivity index (χ1v) is 12.4. The Hall–Kier alpha value is -3.74. The Labute approximate surface area is 205 Å². The first kappa shape index (κ1) is 24.4. The zero-order valence-electron chi connectivity index (χ0n) is 21.0. The van der Waals surface area contributed by atoms with Crippen LogP contribution in [0.3, 0.4) is 0 Å². The zero-order valence-corrected chi connectivity index (χ0v) is 21.0. The van der Waals surface area contributed by atoms with Crippen molar-refractivity contribution in [2.24, 2.45) is 7.05 Å². The van der Waals surface area contributed by atoms with Gasteiger partial charge < -0.3 is 4.57 Å². The van der Waals surface area contributed by atoms with Crippen molar-refractivity contribution in [1.29, 1.82) is 0 Å². The van der Waals surface area contributed by atoms with Crippen molar-refractivity contribution < 1.29 is 0 Å². The predicted molar refractivity (Wildman–Crippen MR) is 142 cm³/mol. The molecule has 0 saturated carbocycles. The molecule has 0 aliphatic rings. The highest BCUT2D eigenvalue weighted by atomic mass is 16.2. The lowest BCUT2D eigenvalue weighted by atomic mass is 10.1. The van der Waals surface area contributed by atoms with E-state index in [0.29, 0.717) is 30.1 Å². The Morgan fingerprint density at radius 2 is 1.63 bits per heavy atom. The summed E-state index contributed by atoms with van der Waals surface area (Å²) in [7, 11) is 1.81. The van der Waals surface area contributed by atoms with Gasteiger partial charge in [-0.1, -0.05) is 56.2 Å². The van der Waals surface area contributed by atoms with Gasteiger partial charge in [-0.15, -0.1) is 0 Å². The highest BCUT2D eigenvalue weighted by Gasteiger charge is 2.17. The molecule has 4 aromatic rings. The summed E-state index contributed by atoms with van der Waals surface area (Å²) in [5.41, 5.74) is 4.55. The number of rotatable bonds is 9. The van der Waals surface area contributed by atoms with Crippen molar-refractivity contribution in [3.8, 4) is 11.3 Å². The van der Waals surface area contributed by atoms with Gasteiger partial charge in [0.2, 0.25) is 0 Å². The molecule has 182 valence electrons. The number of fused-ring (bicyclic) bond motifs is 1. The molecule has 0 atom stereocenters. The lowest BCUT2D eigenvalue weighted by Crippen LogP contribution is -2.39. The summed E-state index contributed by atoms with van der Waals surface area (Å²) in [5, 5.41) is 0. The van der Waals surface area contributed by atoms with Gasteiger partial charge in [-0.05, 0) is 50.0 Å². The molecule has 0 aliphatic heterocycles. The number of unbranched alkanes of at least 4 members (excludes halogenated alkanes) is 2. The van der Waals surface area contributed by atoms with Gasteiger partial charge in [-0.25, -0.2) is 9.78 Å². The van der Waals surface area contributed by atoms with Crippen LogP contribution in [0.4, 0.5) is 0 Å². The Balaban J connectivity index is 1.57. The van der Waals surface area contributed by atoms with E-state index in [-0.39, 0.29) is 11.2 Å². The highest BCUT2D eigenvalue weighted by Crippen LogP contribution is 2.20. The van der Waals surface area contributed by atoms with Gasteiger partial charge in [0, 0.05) is 31.9 Å². The fourth-order valence-electron chi connectivity index (χ4n) is 4.35. The molecule has 3 heterocycles. The van der Waals surface area contributed by atoms with Gasteiger partial charge in [-0.2, -0.15) is 0 Å².